The van der Waals surface area contributed by atoms with E-state index < -0.39 is 17.7 Å². The maximum absolute atomic E-state index is 13.6. The van der Waals surface area contributed by atoms with E-state index in [0.29, 0.717) is 21.5 Å². The number of ether oxygens (including phenoxy) is 2. The van der Waals surface area contributed by atoms with Crippen molar-refractivity contribution in [2.45, 2.75) is 13.5 Å². The first-order valence-electron chi connectivity index (χ1n) is 8.19. The van der Waals surface area contributed by atoms with Gasteiger partial charge in [0.2, 0.25) is 0 Å². The molecule has 3 aromatic rings. The van der Waals surface area contributed by atoms with Gasteiger partial charge in [-0.05, 0) is 43.3 Å². The van der Waals surface area contributed by atoms with E-state index in [1.807, 2.05) is 0 Å². The van der Waals surface area contributed by atoms with Gasteiger partial charge in [0.15, 0.2) is 4.80 Å². The van der Waals surface area contributed by atoms with Crippen LogP contribution in [0.5, 0.6) is 5.75 Å². The largest absolute Gasteiger partial charge is 0.497 e. The monoisotopic (exact) mass is 388 g/mol. The fraction of sp³-hybridized carbons (Fsp3) is 0.211. The Morgan fingerprint density at radius 1 is 1.22 bits per heavy atom. The summed E-state index contributed by atoms with van der Waals surface area (Å²) in [5, 5.41) is 0. The molecule has 1 aromatic heterocycles. The molecule has 1 heterocycles. The number of carbonyl (C=O) groups excluding carboxylic acids is 2. The zero-order valence-electron chi connectivity index (χ0n) is 14.8. The van der Waals surface area contributed by atoms with Crippen molar-refractivity contribution < 1.29 is 23.5 Å². The number of benzene rings is 2. The molecular weight excluding hydrogens is 371 g/mol. The van der Waals surface area contributed by atoms with Crippen LogP contribution in [0.4, 0.5) is 4.39 Å². The quantitative estimate of drug-likeness (QED) is 0.630. The van der Waals surface area contributed by atoms with Crippen molar-refractivity contribution in [2.75, 3.05) is 13.7 Å². The van der Waals surface area contributed by atoms with Crippen LogP contribution in [0.25, 0.3) is 10.2 Å². The summed E-state index contributed by atoms with van der Waals surface area (Å²) in [6.07, 6.45) is 0. The number of amides is 1. The van der Waals surface area contributed by atoms with E-state index in [2.05, 4.69) is 4.99 Å². The maximum Gasteiger partial charge on any atom is 0.326 e. The number of carbonyl (C=O) groups is 2. The summed E-state index contributed by atoms with van der Waals surface area (Å²) in [5.41, 5.74) is 0.951. The number of esters is 1. The van der Waals surface area contributed by atoms with Crippen molar-refractivity contribution >= 4 is 33.4 Å². The van der Waals surface area contributed by atoms with Crippen molar-refractivity contribution in [3.63, 3.8) is 0 Å². The molecule has 0 unspecified atom stereocenters. The number of methoxy groups -OCH3 is 1. The Bertz CT molecular complexity index is 1070. The van der Waals surface area contributed by atoms with Crippen molar-refractivity contribution in [2.24, 2.45) is 4.99 Å². The minimum atomic E-state index is -0.487. The van der Waals surface area contributed by atoms with Gasteiger partial charge in [0.25, 0.3) is 5.91 Å². The molecule has 0 N–H and O–H groups in total. The Morgan fingerprint density at radius 3 is 2.78 bits per heavy atom. The molecule has 27 heavy (non-hydrogen) atoms. The molecule has 0 saturated heterocycles. The molecular formula is C19H17FN2O4S. The van der Waals surface area contributed by atoms with E-state index in [0.717, 1.165) is 11.3 Å². The average molecular weight is 388 g/mol. The molecule has 0 fully saturated rings. The van der Waals surface area contributed by atoms with Crippen LogP contribution in [0, 0.1) is 5.82 Å². The zero-order valence-corrected chi connectivity index (χ0v) is 15.6. The van der Waals surface area contributed by atoms with Crippen molar-refractivity contribution in [3.05, 3.63) is 58.6 Å². The first-order chi connectivity index (χ1) is 13.0. The number of halogens is 1. The third kappa shape index (κ3) is 4.22. The summed E-state index contributed by atoms with van der Waals surface area (Å²) in [5.74, 6) is -0.818. The molecule has 2 aromatic carbocycles. The predicted molar refractivity (Wildman–Crippen MR) is 99.3 cm³/mol. The van der Waals surface area contributed by atoms with Crippen LogP contribution in [0.1, 0.15) is 17.3 Å². The first kappa shape index (κ1) is 18.8. The number of aromatic nitrogens is 1. The molecule has 0 aliphatic rings. The topological polar surface area (TPSA) is 69.9 Å². The number of hydrogen-bond donors (Lipinski definition) is 0. The smallest absolute Gasteiger partial charge is 0.326 e. The van der Waals surface area contributed by atoms with E-state index in [4.69, 9.17) is 9.47 Å². The minimum absolute atomic E-state index is 0.121. The maximum atomic E-state index is 13.6. The Labute approximate surface area is 158 Å². The molecule has 1 amide bonds. The van der Waals surface area contributed by atoms with Crippen LogP contribution >= 0.6 is 11.3 Å². The lowest BCUT2D eigenvalue weighted by Gasteiger charge is -2.05. The lowest BCUT2D eigenvalue weighted by molar-refractivity contribution is -0.143. The molecule has 0 saturated carbocycles. The lowest BCUT2D eigenvalue weighted by Crippen LogP contribution is -2.23. The van der Waals surface area contributed by atoms with Crippen LogP contribution in [-0.2, 0) is 16.1 Å². The van der Waals surface area contributed by atoms with Gasteiger partial charge in [-0.3, -0.25) is 9.59 Å². The van der Waals surface area contributed by atoms with Gasteiger partial charge in [-0.2, -0.15) is 4.99 Å². The summed E-state index contributed by atoms with van der Waals surface area (Å²) in [7, 11) is 1.51. The van der Waals surface area contributed by atoms with Crippen LogP contribution < -0.4 is 9.54 Å². The fourth-order valence-electron chi connectivity index (χ4n) is 2.53. The van der Waals surface area contributed by atoms with Gasteiger partial charge < -0.3 is 14.0 Å². The molecule has 0 aliphatic carbocycles. The third-order valence-electron chi connectivity index (χ3n) is 3.75. The minimum Gasteiger partial charge on any atom is -0.497 e. The summed E-state index contributed by atoms with van der Waals surface area (Å²) in [6, 6.07) is 10.8. The summed E-state index contributed by atoms with van der Waals surface area (Å²) in [6.45, 7) is 1.83. The molecule has 140 valence electrons. The Hall–Kier alpha value is -3.00. The highest BCUT2D eigenvalue weighted by Crippen LogP contribution is 2.19. The zero-order chi connectivity index (χ0) is 19.4. The van der Waals surface area contributed by atoms with Gasteiger partial charge in [0.05, 0.1) is 23.9 Å². The number of fused-ring (bicyclic) bond motifs is 1. The molecule has 8 heteroatoms. The van der Waals surface area contributed by atoms with Gasteiger partial charge in [-0.15, -0.1) is 0 Å². The second-order valence-corrected chi connectivity index (χ2v) is 6.55. The normalized spacial score (nSPS) is 11.6. The van der Waals surface area contributed by atoms with Crippen molar-refractivity contribution in [1.82, 2.24) is 4.57 Å². The Balaban J connectivity index is 2.09. The second-order valence-electron chi connectivity index (χ2n) is 5.54. The molecule has 0 radical (unpaired) electrons. The average Bonchev–Trinajstić information content (AvgIpc) is 2.98. The standard InChI is InChI=1S/C19H17FN2O4S/c1-3-26-17(23)11-22-15-8-7-13(20)10-16(15)27-19(22)21-18(24)12-5-4-6-14(9-12)25-2/h4-10H,3,11H2,1-2H3. The van der Waals surface area contributed by atoms with Gasteiger partial charge >= 0.3 is 5.97 Å². The van der Waals surface area contributed by atoms with Gasteiger partial charge in [-0.25, -0.2) is 4.39 Å². The van der Waals surface area contributed by atoms with E-state index in [1.165, 1.54) is 19.2 Å². The second kappa shape index (κ2) is 8.13. The molecule has 0 aliphatic heterocycles. The summed E-state index contributed by atoms with van der Waals surface area (Å²) < 4.78 is 25.8. The molecule has 6 nitrogen and oxygen atoms in total. The summed E-state index contributed by atoms with van der Waals surface area (Å²) >= 11 is 1.13. The van der Waals surface area contributed by atoms with Gasteiger partial charge in [0, 0.05) is 5.56 Å². The predicted octanol–water partition coefficient (Wildman–Crippen LogP) is 3.15. The van der Waals surface area contributed by atoms with Crippen LogP contribution in [-0.4, -0.2) is 30.2 Å². The number of rotatable bonds is 5. The van der Waals surface area contributed by atoms with Crippen LogP contribution in [0.2, 0.25) is 0 Å². The fourth-order valence-corrected chi connectivity index (χ4v) is 3.58. The Morgan fingerprint density at radius 2 is 2.04 bits per heavy atom. The first-order valence-corrected chi connectivity index (χ1v) is 9.01. The van der Waals surface area contributed by atoms with Crippen molar-refractivity contribution in [1.29, 1.82) is 0 Å². The number of thiazole rings is 1. The molecule has 0 bridgehead atoms. The Kier molecular flexibility index (Phi) is 5.66. The summed E-state index contributed by atoms with van der Waals surface area (Å²) in [4.78, 5) is 29.0. The van der Waals surface area contributed by atoms with E-state index in [-0.39, 0.29) is 18.0 Å². The van der Waals surface area contributed by atoms with Crippen LogP contribution in [0.3, 0.4) is 0 Å². The molecule has 0 atom stereocenters. The van der Waals surface area contributed by atoms with Gasteiger partial charge in [-0.1, -0.05) is 17.4 Å². The van der Waals surface area contributed by atoms with E-state index in [1.54, 1.807) is 41.8 Å². The molecule has 0 spiro atoms. The highest BCUT2D eigenvalue weighted by molar-refractivity contribution is 7.16. The van der Waals surface area contributed by atoms with E-state index in [9.17, 15) is 14.0 Å². The van der Waals surface area contributed by atoms with Gasteiger partial charge in [0.1, 0.15) is 18.1 Å². The molecule has 3 rings (SSSR count). The number of nitrogens with zero attached hydrogens (tertiary/aromatic N) is 2. The highest BCUT2D eigenvalue weighted by Gasteiger charge is 2.13. The SMILES string of the molecule is CCOC(=O)Cn1c(=NC(=O)c2cccc(OC)c2)sc2cc(F)ccc21. The lowest BCUT2D eigenvalue weighted by atomic mass is 10.2. The van der Waals surface area contributed by atoms with E-state index >= 15 is 0 Å². The third-order valence-corrected chi connectivity index (χ3v) is 4.79. The van der Waals surface area contributed by atoms with Crippen LogP contribution in [0.15, 0.2) is 47.5 Å². The van der Waals surface area contributed by atoms with Crippen molar-refractivity contribution in [3.8, 4) is 5.75 Å². The number of hydrogen-bond acceptors (Lipinski definition) is 5. The highest BCUT2D eigenvalue weighted by atomic mass is 32.1.